The van der Waals surface area contributed by atoms with Crippen molar-refractivity contribution in [1.82, 2.24) is 40.9 Å². The fourth-order valence-electron chi connectivity index (χ4n) is 5.79. The van der Waals surface area contributed by atoms with Crippen LogP contribution in [-0.4, -0.2) is 42.8 Å². The highest BCUT2D eigenvalue weighted by Gasteiger charge is 2.42. The Hall–Kier alpha value is -3.44. The van der Waals surface area contributed by atoms with Crippen LogP contribution in [0.2, 0.25) is 0 Å². The van der Waals surface area contributed by atoms with E-state index in [9.17, 15) is 9.18 Å². The molecule has 1 amide bonds. The molecule has 10 nitrogen and oxygen atoms in total. The highest BCUT2D eigenvalue weighted by atomic mass is 19.1. The summed E-state index contributed by atoms with van der Waals surface area (Å²) in [5.41, 5.74) is 8.08. The van der Waals surface area contributed by atoms with Crippen LogP contribution in [0.25, 0.3) is 5.82 Å². The molecule has 2 aliphatic rings. The van der Waals surface area contributed by atoms with E-state index < -0.39 is 5.82 Å². The van der Waals surface area contributed by atoms with E-state index in [0.717, 1.165) is 54.8 Å². The van der Waals surface area contributed by atoms with Gasteiger partial charge in [-0.1, -0.05) is 19.9 Å². The molecule has 0 aromatic carbocycles. The Morgan fingerprint density at radius 3 is 2.67 bits per heavy atom. The van der Waals surface area contributed by atoms with Crippen LogP contribution in [0.15, 0.2) is 36.8 Å². The Balaban J connectivity index is 1.21. The number of carbonyl (C=O) groups excluding carboxylic acids is 1. The third-order valence-electron chi connectivity index (χ3n) is 7.90. The first-order valence-electron chi connectivity index (χ1n) is 13.7. The second-order valence-electron chi connectivity index (χ2n) is 11.7. The SMILES string of the molecule is Cc1cc(NC2CC(C)NN2)nc([C@@H]2CC[C@@H](C(=O)N[C@@H](C)c3ccc(-n4cc(F)cn4)nc3)C(C)(C)C2)n1. The molecule has 3 aromatic heterocycles. The van der Waals surface area contributed by atoms with E-state index in [1.807, 2.05) is 26.0 Å². The first kappa shape index (κ1) is 27.1. The number of amides is 1. The average molecular weight is 536 g/mol. The maximum atomic E-state index is 13.4. The van der Waals surface area contributed by atoms with Gasteiger partial charge < -0.3 is 10.6 Å². The van der Waals surface area contributed by atoms with Crippen molar-refractivity contribution in [2.75, 3.05) is 5.32 Å². The van der Waals surface area contributed by atoms with Crippen molar-refractivity contribution in [3.05, 3.63) is 59.7 Å². The van der Waals surface area contributed by atoms with Crippen LogP contribution in [0.4, 0.5) is 10.2 Å². The summed E-state index contributed by atoms with van der Waals surface area (Å²) in [7, 11) is 0. The Labute approximate surface area is 228 Å². The van der Waals surface area contributed by atoms with E-state index in [1.54, 1.807) is 12.3 Å². The Bertz CT molecular complexity index is 1310. The molecule has 1 aliphatic carbocycles. The number of carbonyl (C=O) groups is 1. The molecule has 4 heterocycles. The van der Waals surface area contributed by atoms with Gasteiger partial charge in [0, 0.05) is 35.8 Å². The molecule has 4 N–H and O–H groups in total. The largest absolute Gasteiger partial charge is 0.353 e. The standard InChI is InChI=1S/C28H38FN9O/c1-16-10-23(34-24-11-17(2)36-37-24)35-26(32-16)19-6-8-22(28(4,5)12-19)27(39)33-18(3)20-7-9-25(30-13-20)38-15-21(29)14-31-38/h7,9-10,13-15,17-19,22,24,36-37H,6,8,11-12H2,1-5H3,(H,33,39)(H,32,34,35)/t17?,18-,19+,22-,24?/m0/s1. The summed E-state index contributed by atoms with van der Waals surface area (Å²) in [6, 6.07) is 5.82. The Morgan fingerprint density at radius 1 is 1.21 bits per heavy atom. The maximum Gasteiger partial charge on any atom is 0.224 e. The summed E-state index contributed by atoms with van der Waals surface area (Å²) >= 11 is 0. The van der Waals surface area contributed by atoms with Crippen LogP contribution in [0.1, 0.15) is 82.4 Å². The number of anilines is 1. The molecule has 11 heteroatoms. The van der Waals surface area contributed by atoms with Crippen LogP contribution in [-0.2, 0) is 4.79 Å². The smallest absolute Gasteiger partial charge is 0.224 e. The fraction of sp³-hybridized carbons (Fsp3) is 0.536. The average Bonchev–Trinajstić information content (AvgIpc) is 3.50. The lowest BCUT2D eigenvalue weighted by molar-refractivity contribution is -0.131. The normalized spacial score (nSPS) is 25.3. The molecule has 39 heavy (non-hydrogen) atoms. The summed E-state index contributed by atoms with van der Waals surface area (Å²) in [5, 5.41) is 10.6. The van der Waals surface area contributed by atoms with Gasteiger partial charge in [-0.2, -0.15) is 5.10 Å². The highest BCUT2D eigenvalue weighted by molar-refractivity contribution is 5.80. The molecule has 1 saturated heterocycles. The van der Waals surface area contributed by atoms with E-state index >= 15 is 0 Å². The van der Waals surface area contributed by atoms with Crippen molar-refractivity contribution < 1.29 is 9.18 Å². The van der Waals surface area contributed by atoms with Gasteiger partial charge in [0.1, 0.15) is 11.6 Å². The van der Waals surface area contributed by atoms with Crippen LogP contribution < -0.4 is 21.5 Å². The number of pyridine rings is 1. The molecule has 2 unspecified atom stereocenters. The lowest BCUT2D eigenvalue weighted by Gasteiger charge is -2.41. The molecule has 1 saturated carbocycles. The topological polar surface area (TPSA) is 122 Å². The van der Waals surface area contributed by atoms with Crippen LogP contribution >= 0.6 is 0 Å². The van der Waals surface area contributed by atoms with Crippen molar-refractivity contribution in [2.24, 2.45) is 11.3 Å². The number of hydrogen-bond acceptors (Lipinski definition) is 8. The predicted molar refractivity (Wildman–Crippen MR) is 146 cm³/mol. The van der Waals surface area contributed by atoms with E-state index in [1.165, 1.54) is 10.9 Å². The second-order valence-corrected chi connectivity index (χ2v) is 11.7. The van der Waals surface area contributed by atoms with Gasteiger partial charge in [0.15, 0.2) is 11.6 Å². The number of hydrazine groups is 1. The maximum absolute atomic E-state index is 13.4. The molecular weight excluding hydrogens is 497 g/mol. The van der Waals surface area contributed by atoms with Gasteiger partial charge in [0.25, 0.3) is 0 Å². The molecule has 3 aromatic rings. The van der Waals surface area contributed by atoms with Gasteiger partial charge in [0.2, 0.25) is 5.91 Å². The van der Waals surface area contributed by atoms with Crippen molar-refractivity contribution in [3.63, 3.8) is 0 Å². The quantitative estimate of drug-likeness (QED) is 0.359. The zero-order valence-electron chi connectivity index (χ0n) is 23.2. The minimum absolute atomic E-state index is 0.0469. The monoisotopic (exact) mass is 535 g/mol. The van der Waals surface area contributed by atoms with Crippen LogP contribution in [0, 0.1) is 24.1 Å². The van der Waals surface area contributed by atoms with Gasteiger partial charge in [-0.3, -0.25) is 10.2 Å². The third kappa shape index (κ3) is 6.25. The number of aryl methyl sites for hydroxylation is 1. The van der Waals surface area contributed by atoms with Gasteiger partial charge in [-0.05, 0) is 63.5 Å². The summed E-state index contributed by atoms with van der Waals surface area (Å²) in [5.74, 6) is 1.90. The number of halogens is 1. The Morgan fingerprint density at radius 2 is 2.03 bits per heavy atom. The minimum atomic E-state index is -0.418. The van der Waals surface area contributed by atoms with Crippen molar-refractivity contribution in [2.45, 2.75) is 84.5 Å². The van der Waals surface area contributed by atoms with Gasteiger partial charge >= 0.3 is 0 Å². The summed E-state index contributed by atoms with van der Waals surface area (Å²) in [6.07, 6.45) is 7.66. The number of aromatic nitrogens is 5. The third-order valence-corrected chi connectivity index (χ3v) is 7.90. The van der Waals surface area contributed by atoms with E-state index in [0.29, 0.717) is 11.9 Å². The molecule has 0 radical (unpaired) electrons. The molecule has 208 valence electrons. The van der Waals surface area contributed by atoms with Crippen molar-refractivity contribution >= 4 is 11.7 Å². The van der Waals surface area contributed by atoms with Crippen LogP contribution in [0.3, 0.4) is 0 Å². The fourth-order valence-corrected chi connectivity index (χ4v) is 5.79. The first-order valence-corrected chi connectivity index (χ1v) is 13.7. The van der Waals surface area contributed by atoms with Crippen LogP contribution in [0.5, 0.6) is 0 Å². The molecule has 5 atom stereocenters. The summed E-state index contributed by atoms with van der Waals surface area (Å²) in [6.45, 7) is 10.4. The minimum Gasteiger partial charge on any atom is -0.353 e. The zero-order chi connectivity index (χ0) is 27.7. The number of nitrogens with one attached hydrogen (secondary N) is 4. The number of hydrogen-bond donors (Lipinski definition) is 4. The molecule has 5 rings (SSSR count). The molecule has 0 spiro atoms. The van der Waals surface area contributed by atoms with E-state index in [-0.39, 0.29) is 35.4 Å². The number of rotatable bonds is 7. The Kier molecular flexibility index (Phi) is 7.64. The molecule has 2 fully saturated rings. The van der Waals surface area contributed by atoms with Crippen molar-refractivity contribution in [3.8, 4) is 5.82 Å². The molecule has 0 bridgehead atoms. The van der Waals surface area contributed by atoms with E-state index in [2.05, 4.69) is 52.3 Å². The molecule has 1 aliphatic heterocycles. The van der Waals surface area contributed by atoms with Gasteiger partial charge in [-0.25, -0.2) is 29.4 Å². The highest BCUT2D eigenvalue weighted by Crippen LogP contribution is 2.47. The van der Waals surface area contributed by atoms with E-state index in [4.69, 9.17) is 9.97 Å². The van der Waals surface area contributed by atoms with Gasteiger partial charge in [0.05, 0.1) is 24.6 Å². The summed E-state index contributed by atoms with van der Waals surface area (Å²) in [4.78, 5) is 27.5. The number of nitrogens with zero attached hydrogens (tertiary/aromatic N) is 5. The van der Waals surface area contributed by atoms with Gasteiger partial charge in [-0.15, -0.1) is 0 Å². The zero-order valence-corrected chi connectivity index (χ0v) is 23.2. The lowest BCUT2D eigenvalue weighted by Crippen LogP contribution is -2.43. The lowest BCUT2D eigenvalue weighted by atomic mass is 9.64. The summed E-state index contributed by atoms with van der Waals surface area (Å²) < 4.78 is 14.7. The second kappa shape index (κ2) is 11.0. The predicted octanol–water partition coefficient (Wildman–Crippen LogP) is 3.92. The molecular formula is C28H38FN9O. The first-order chi connectivity index (χ1) is 18.6. The van der Waals surface area contributed by atoms with Crippen molar-refractivity contribution in [1.29, 1.82) is 0 Å².